The standard InChI is InChI=1S/C15H22BrN3O/c1-2-9-19(11-12-5-3-7-17-10-12)15(20)14-13(16)6-4-8-18-14/h4,6,8,12,17H,2-3,5,7,9-11H2,1H3. The number of nitrogens with one attached hydrogen (secondary N) is 1. The van der Waals surface area contributed by atoms with E-state index in [-0.39, 0.29) is 5.91 Å². The molecule has 1 N–H and O–H groups in total. The second-order valence-corrected chi connectivity index (χ2v) is 6.15. The Labute approximate surface area is 129 Å². The highest BCUT2D eigenvalue weighted by Crippen LogP contribution is 2.18. The van der Waals surface area contributed by atoms with Crippen molar-refractivity contribution < 1.29 is 4.79 Å². The molecule has 4 nitrogen and oxygen atoms in total. The number of amides is 1. The molecule has 2 rings (SSSR count). The average molecular weight is 340 g/mol. The van der Waals surface area contributed by atoms with E-state index >= 15 is 0 Å². The number of hydrogen-bond acceptors (Lipinski definition) is 3. The van der Waals surface area contributed by atoms with Gasteiger partial charge in [-0.2, -0.15) is 0 Å². The molecule has 1 aromatic heterocycles. The first-order valence-corrected chi connectivity index (χ1v) is 8.12. The minimum Gasteiger partial charge on any atom is -0.337 e. The van der Waals surface area contributed by atoms with Gasteiger partial charge < -0.3 is 10.2 Å². The van der Waals surface area contributed by atoms with Crippen molar-refractivity contribution in [1.29, 1.82) is 0 Å². The lowest BCUT2D eigenvalue weighted by Crippen LogP contribution is -2.41. The van der Waals surface area contributed by atoms with Crippen LogP contribution in [0, 0.1) is 5.92 Å². The van der Waals surface area contributed by atoms with Gasteiger partial charge >= 0.3 is 0 Å². The summed E-state index contributed by atoms with van der Waals surface area (Å²) in [5.41, 5.74) is 0.518. The quantitative estimate of drug-likeness (QED) is 0.896. The van der Waals surface area contributed by atoms with Gasteiger partial charge in [0.2, 0.25) is 0 Å². The molecule has 1 aliphatic heterocycles. The summed E-state index contributed by atoms with van der Waals surface area (Å²) in [6, 6.07) is 3.70. The molecule has 1 aliphatic rings. The molecule has 0 radical (unpaired) electrons. The number of carbonyl (C=O) groups is 1. The molecule has 2 heterocycles. The minimum absolute atomic E-state index is 0.0323. The monoisotopic (exact) mass is 339 g/mol. The Morgan fingerprint density at radius 2 is 2.45 bits per heavy atom. The van der Waals surface area contributed by atoms with Crippen LogP contribution in [0.1, 0.15) is 36.7 Å². The van der Waals surface area contributed by atoms with Crippen LogP contribution in [-0.4, -0.2) is 42.0 Å². The maximum Gasteiger partial charge on any atom is 0.273 e. The zero-order chi connectivity index (χ0) is 14.4. The van der Waals surface area contributed by atoms with Gasteiger partial charge in [0, 0.05) is 23.8 Å². The number of nitrogens with zero attached hydrogens (tertiary/aromatic N) is 2. The molecule has 0 spiro atoms. The van der Waals surface area contributed by atoms with Crippen molar-refractivity contribution in [1.82, 2.24) is 15.2 Å². The van der Waals surface area contributed by atoms with Crippen LogP contribution < -0.4 is 5.32 Å². The van der Waals surface area contributed by atoms with Crippen molar-refractivity contribution in [3.63, 3.8) is 0 Å². The van der Waals surface area contributed by atoms with E-state index in [4.69, 9.17) is 0 Å². The molecule has 5 heteroatoms. The summed E-state index contributed by atoms with van der Waals surface area (Å²) in [7, 11) is 0. The van der Waals surface area contributed by atoms with E-state index in [1.807, 2.05) is 17.0 Å². The average Bonchev–Trinajstić information content (AvgIpc) is 2.48. The van der Waals surface area contributed by atoms with Crippen molar-refractivity contribution in [2.45, 2.75) is 26.2 Å². The van der Waals surface area contributed by atoms with E-state index in [1.165, 1.54) is 12.8 Å². The molecule has 1 amide bonds. The number of rotatable bonds is 5. The lowest BCUT2D eigenvalue weighted by atomic mass is 9.99. The molecule has 0 aliphatic carbocycles. The SMILES string of the molecule is CCCN(CC1CCCNC1)C(=O)c1ncccc1Br. The van der Waals surface area contributed by atoms with Gasteiger partial charge in [-0.15, -0.1) is 0 Å². The highest BCUT2D eigenvalue weighted by molar-refractivity contribution is 9.10. The fraction of sp³-hybridized carbons (Fsp3) is 0.600. The lowest BCUT2D eigenvalue weighted by Gasteiger charge is -2.30. The fourth-order valence-corrected chi connectivity index (χ4v) is 3.05. The summed E-state index contributed by atoms with van der Waals surface area (Å²) in [5.74, 6) is 0.589. The third-order valence-electron chi connectivity index (χ3n) is 3.62. The molecule has 0 bridgehead atoms. The first kappa shape index (κ1) is 15.4. The summed E-state index contributed by atoms with van der Waals surface area (Å²) in [5, 5.41) is 3.41. The van der Waals surface area contributed by atoms with Crippen LogP contribution in [-0.2, 0) is 0 Å². The molecular weight excluding hydrogens is 318 g/mol. The number of carbonyl (C=O) groups excluding carboxylic acids is 1. The molecule has 1 aromatic rings. The van der Waals surface area contributed by atoms with Crippen molar-refractivity contribution in [2.24, 2.45) is 5.92 Å². The van der Waals surface area contributed by atoms with Gasteiger partial charge in [-0.1, -0.05) is 6.92 Å². The van der Waals surface area contributed by atoms with E-state index in [0.717, 1.165) is 37.1 Å². The van der Waals surface area contributed by atoms with Crippen molar-refractivity contribution in [2.75, 3.05) is 26.2 Å². The summed E-state index contributed by atoms with van der Waals surface area (Å²) in [6.07, 6.45) is 5.04. The highest BCUT2D eigenvalue weighted by atomic mass is 79.9. The Kier molecular flexibility index (Phi) is 5.98. The van der Waals surface area contributed by atoms with Crippen LogP contribution in [0.25, 0.3) is 0 Å². The fourth-order valence-electron chi connectivity index (χ4n) is 2.63. The third kappa shape index (κ3) is 4.03. The number of halogens is 1. The van der Waals surface area contributed by atoms with Crippen molar-refractivity contribution in [3.05, 3.63) is 28.5 Å². The largest absolute Gasteiger partial charge is 0.337 e. The molecule has 0 saturated carbocycles. The summed E-state index contributed by atoms with van der Waals surface area (Å²) >= 11 is 3.42. The zero-order valence-corrected chi connectivity index (χ0v) is 13.5. The van der Waals surface area contributed by atoms with Gasteiger partial charge in [0.15, 0.2) is 0 Å². The van der Waals surface area contributed by atoms with E-state index in [1.54, 1.807) is 6.20 Å². The van der Waals surface area contributed by atoms with Crippen molar-refractivity contribution >= 4 is 21.8 Å². The van der Waals surface area contributed by atoms with E-state index in [9.17, 15) is 4.79 Å². The Morgan fingerprint density at radius 1 is 1.60 bits per heavy atom. The highest BCUT2D eigenvalue weighted by Gasteiger charge is 2.23. The smallest absolute Gasteiger partial charge is 0.273 e. The minimum atomic E-state index is 0.0323. The van der Waals surface area contributed by atoms with E-state index in [0.29, 0.717) is 11.6 Å². The van der Waals surface area contributed by atoms with Gasteiger partial charge in [-0.3, -0.25) is 4.79 Å². The van der Waals surface area contributed by atoms with E-state index < -0.39 is 0 Å². The number of hydrogen-bond donors (Lipinski definition) is 1. The Hall–Kier alpha value is -0.940. The van der Waals surface area contributed by atoms with Gasteiger partial charge in [-0.05, 0) is 66.3 Å². The Bertz CT molecular complexity index is 446. The predicted molar refractivity (Wildman–Crippen MR) is 83.7 cm³/mol. The number of pyridine rings is 1. The summed E-state index contributed by atoms with van der Waals surface area (Å²) in [6.45, 7) is 5.83. The Morgan fingerprint density at radius 3 is 3.10 bits per heavy atom. The molecule has 1 atom stereocenters. The molecular formula is C15H22BrN3O. The molecule has 1 saturated heterocycles. The van der Waals surface area contributed by atoms with Gasteiger partial charge in [0.1, 0.15) is 5.69 Å². The maximum atomic E-state index is 12.6. The first-order chi connectivity index (χ1) is 9.72. The van der Waals surface area contributed by atoms with Crippen LogP contribution in [0.2, 0.25) is 0 Å². The first-order valence-electron chi connectivity index (χ1n) is 7.33. The second-order valence-electron chi connectivity index (χ2n) is 5.30. The molecule has 110 valence electrons. The second kappa shape index (κ2) is 7.74. The lowest BCUT2D eigenvalue weighted by molar-refractivity contribution is 0.0712. The predicted octanol–water partition coefficient (Wildman–Crippen LogP) is 2.70. The van der Waals surface area contributed by atoms with Crippen LogP contribution in [0.5, 0.6) is 0 Å². The van der Waals surface area contributed by atoms with Gasteiger partial charge in [-0.25, -0.2) is 4.98 Å². The molecule has 1 unspecified atom stereocenters. The number of aromatic nitrogens is 1. The topological polar surface area (TPSA) is 45.2 Å². The summed E-state index contributed by atoms with van der Waals surface area (Å²) in [4.78, 5) is 18.8. The van der Waals surface area contributed by atoms with E-state index in [2.05, 4.69) is 33.2 Å². The van der Waals surface area contributed by atoms with Crippen molar-refractivity contribution in [3.8, 4) is 0 Å². The maximum absolute atomic E-state index is 12.6. The Balaban J connectivity index is 2.07. The molecule has 1 fully saturated rings. The normalized spacial score (nSPS) is 18.8. The summed E-state index contributed by atoms with van der Waals surface area (Å²) < 4.78 is 0.771. The molecule has 0 aromatic carbocycles. The zero-order valence-electron chi connectivity index (χ0n) is 11.9. The van der Waals surface area contributed by atoms with Crippen LogP contribution in [0.4, 0.5) is 0 Å². The van der Waals surface area contributed by atoms with Crippen LogP contribution in [0.15, 0.2) is 22.8 Å². The van der Waals surface area contributed by atoms with Crippen LogP contribution >= 0.6 is 15.9 Å². The molecule has 20 heavy (non-hydrogen) atoms. The number of piperidine rings is 1. The van der Waals surface area contributed by atoms with Crippen LogP contribution in [0.3, 0.4) is 0 Å². The third-order valence-corrected chi connectivity index (χ3v) is 4.26. The van der Waals surface area contributed by atoms with Gasteiger partial charge in [0.25, 0.3) is 5.91 Å². The van der Waals surface area contributed by atoms with Gasteiger partial charge in [0.05, 0.1) is 0 Å².